The summed E-state index contributed by atoms with van der Waals surface area (Å²) < 4.78 is 16.0. The zero-order valence-electron chi connectivity index (χ0n) is 11.3. The molecule has 0 aromatic heterocycles. The zero-order valence-corrected chi connectivity index (χ0v) is 12.1. The molecule has 1 atom stereocenters. The maximum atomic E-state index is 6.12. The Bertz CT molecular complexity index is 349. The quantitative estimate of drug-likeness (QED) is 0.672. The molecule has 2 N–H and O–H groups in total. The van der Waals surface area contributed by atoms with Gasteiger partial charge in [-0.25, -0.2) is 0 Å². The Morgan fingerprint density at radius 3 is 2.63 bits per heavy atom. The van der Waals surface area contributed by atoms with Gasteiger partial charge in [0.25, 0.3) is 0 Å². The second-order valence-electron chi connectivity index (χ2n) is 4.08. The van der Waals surface area contributed by atoms with Crippen LogP contribution in [0.2, 0.25) is 5.02 Å². The number of nitrogens with two attached hydrogens (primary N) is 1. The molecule has 1 rings (SSSR count). The van der Waals surface area contributed by atoms with Crippen molar-refractivity contribution in [3.8, 4) is 0 Å². The summed E-state index contributed by atoms with van der Waals surface area (Å²) in [6.07, 6.45) is 0.665. The minimum absolute atomic E-state index is 0.160. The minimum Gasteiger partial charge on any atom is -0.382 e. The number of benzene rings is 1. The highest BCUT2D eigenvalue weighted by molar-refractivity contribution is 6.31. The fraction of sp³-hybridized carbons (Fsp3) is 0.571. The normalized spacial score (nSPS) is 12.6. The van der Waals surface area contributed by atoms with Crippen LogP contribution in [0.4, 0.5) is 0 Å². The molecule has 5 heteroatoms. The van der Waals surface area contributed by atoms with Crippen molar-refractivity contribution in [1.82, 2.24) is 0 Å². The van der Waals surface area contributed by atoms with E-state index < -0.39 is 0 Å². The molecule has 0 spiro atoms. The van der Waals surface area contributed by atoms with Crippen LogP contribution in [-0.4, -0.2) is 40.1 Å². The fourth-order valence-electron chi connectivity index (χ4n) is 1.65. The highest BCUT2D eigenvalue weighted by Crippen LogP contribution is 2.24. The molecule has 4 nitrogen and oxygen atoms in total. The summed E-state index contributed by atoms with van der Waals surface area (Å²) in [5.41, 5.74) is 6.66. The molecule has 0 aliphatic rings. The van der Waals surface area contributed by atoms with Crippen LogP contribution in [-0.2, 0) is 14.2 Å². The van der Waals surface area contributed by atoms with Crippen molar-refractivity contribution >= 4 is 11.6 Å². The lowest BCUT2D eigenvalue weighted by Gasteiger charge is -2.17. The smallest absolute Gasteiger partial charge is 0.0961 e. The second kappa shape index (κ2) is 10.2. The van der Waals surface area contributed by atoms with Crippen molar-refractivity contribution < 1.29 is 14.2 Å². The first-order chi connectivity index (χ1) is 9.29. The lowest BCUT2D eigenvalue weighted by molar-refractivity contribution is 0.0262. The molecule has 0 amide bonds. The standard InChI is InChI=1S/C14H22ClNO3/c1-17-9-10-18-7-4-8-19-14(11-16)12-5-2-3-6-13(12)15/h2-3,5-6,14H,4,7-11,16H2,1H3. The van der Waals surface area contributed by atoms with Gasteiger partial charge in [-0.15, -0.1) is 0 Å². The predicted molar refractivity (Wildman–Crippen MR) is 76.5 cm³/mol. The summed E-state index contributed by atoms with van der Waals surface area (Å²) in [5.74, 6) is 0. The van der Waals surface area contributed by atoms with Crippen LogP contribution in [0.25, 0.3) is 0 Å². The Kier molecular flexibility index (Phi) is 8.79. The van der Waals surface area contributed by atoms with E-state index in [1.165, 1.54) is 0 Å². The van der Waals surface area contributed by atoms with Crippen LogP contribution in [0.3, 0.4) is 0 Å². The molecule has 0 fully saturated rings. The summed E-state index contributed by atoms with van der Waals surface area (Å²) in [6.45, 7) is 2.89. The Morgan fingerprint density at radius 1 is 1.16 bits per heavy atom. The van der Waals surface area contributed by atoms with Crippen molar-refractivity contribution in [2.75, 3.05) is 40.1 Å². The highest BCUT2D eigenvalue weighted by atomic mass is 35.5. The van der Waals surface area contributed by atoms with Crippen molar-refractivity contribution in [2.24, 2.45) is 5.73 Å². The molecule has 0 saturated heterocycles. The molecular weight excluding hydrogens is 266 g/mol. The maximum absolute atomic E-state index is 6.12. The Balaban J connectivity index is 2.24. The van der Waals surface area contributed by atoms with Gasteiger partial charge in [-0.05, 0) is 12.5 Å². The van der Waals surface area contributed by atoms with Crippen molar-refractivity contribution in [2.45, 2.75) is 12.5 Å². The van der Waals surface area contributed by atoms with Gasteiger partial charge in [-0.2, -0.15) is 0 Å². The summed E-state index contributed by atoms with van der Waals surface area (Å²) in [4.78, 5) is 0. The Labute approximate surface area is 119 Å². The molecule has 19 heavy (non-hydrogen) atoms. The average Bonchev–Trinajstić information content (AvgIpc) is 2.43. The maximum Gasteiger partial charge on any atom is 0.0961 e. The van der Waals surface area contributed by atoms with Crippen LogP contribution in [0.1, 0.15) is 18.1 Å². The minimum atomic E-state index is -0.160. The van der Waals surface area contributed by atoms with E-state index in [4.69, 9.17) is 31.5 Å². The largest absolute Gasteiger partial charge is 0.382 e. The molecular formula is C14H22ClNO3. The Morgan fingerprint density at radius 2 is 1.95 bits per heavy atom. The van der Waals surface area contributed by atoms with Gasteiger partial charge in [-0.3, -0.25) is 0 Å². The number of rotatable bonds is 10. The lowest BCUT2D eigenvalue weighted by atomic mass is 10.1. The van der Waals surface area contributed by atoms with Crippen molar-refractivity contribution in [3.63, 3.8) is 0 Å². The monoisotopic (exact) mass is 287 g/mol. The number of ether oxygens (including phenoxy) is 3. The van der Waals surface area contributed by atoms with Gasteiger partial charge in [-0.1, -0.05) is 29.8 Å². The molecule has 108 valence electrons. The molecule has 0 saturated carbocycles. The third-order valence-electron chi connectivity index (χ3n) is 2.65. The van der Waals surface area contributed by atoms with E-state index in [0.29, 0.717) is 38.0 Å². The third-order valence-corrected chi connectivity index (χ3v) is 2.99. The fourth-order valence-corrected chi connectivity index (χ4v) is 1.91. The van der Waals surface area contributed by atoms with Gasteiger partial charge in [0.05, 0.1) is 19.3 Å². The summed E-state index contributed by atoms with van der Waals surface area (Å²) in [7, 11) is 1.65. The second-order valence-corrected chi connectivity index (χ2v) is 4.48. The SMILES string of the molecule is COCCOCCCOC(CN)c1ccccc1Cl. The van der Waals surface area contributed by atoms with Crippen molar-refractivity contribution in [3.05, 3.63) is 34.9 Å². The van der Waals surface area contributed by atoms with E-state index in [-0.39, 0.29) is 6.10 Å². The first-order valence-corrected chi connectivity index (χ1v) is 6.80. The zero-order chi connectivity index (χ0) is 13.9. The van der Waals surface area contributed by atoms with Crippen molar-refractivity contribution in [1.29, 1.82) is 0 Å². The highest BCUT2D eigenvalue weighted by Gasteiger charge is 2.12. The van der Waals surface area contributed by atoms with Gasteiger partial charge in [0.15, 0.2) is 0 Å². The van der Waals surface area contributed by atoms with E-state index in [1.54, 1.807) is 7.11 Å². The van der Waals surface area contributed by atoms with Gasteiger partial charge in [0.2, 0.25) is 0 Å². The van der Waals surface area contributed by atoms with Gasteiger partial charge in [0, 0.05) is 37.5 Å². The number of methoxy groups -OCH3 is 1. The number of halogens is 1. The van der Waals surface area contributed by atoms with Crippen LogP contribution >= 0.6 is 11.6 Å². The van der Waals surface area contributed by atoms with E-state index in [2.05, 4.69) is 0 Å². The number of hydrogen-bond acceptors (Lipinski definition) is 4. The predicted octanol–water partition coefficient (Wildman–Crippen LogP) is 2.41. The van der Waals surface area contributed by atoms with Crippen LogP contribution in [0.5, 0.6) is 0 Å². The van der Waals surface area contributed by atoms with E-state index >= 15 is 0 Å². The topological polar surface area (TPSA) is 53.7 Å². The molecule has 0 heterocycles. The van der Waals surface area contributed by atoms with Gasteiger partial charge < -0.3 is 19.9 Å². The van der Waals surface area contributed by atoms with E-state index in [9.17, 15) is 0 Å². The van der Waals surface area contributed by atoms with Crippen LogP contribution < -0.4 is 5.73 Å². The number of hydrogen-bond donors (Lipinski definition) is 1. The summed E-state index contributed by atoms with van der Waals surface area (Å²) in [5, 5.41) is 0.689. The van der Waals surface area contributed by atoms with Crippen LogP contribution in [0.15, 0.2) is 24.3 Å². The molecule has 1 aromatic carbocycles. The first-order valence-electron chi connectivity index (χ1n) is 6.42. The van der Waals surface area contributed by atoms with Gasteiger partial charge in [0.1, 0.15) is 0 Å². The summed E-state index contributed by atoms with van der Waals surface area (Å²) in [6, 6.07) is 7.61. The molecule has 0 aliphatic heterocycles. The first kappa shape index (κ1) is 16.4. The molecule has 1 unspecified atom stereocenters. The molecule has 0 radical (unpaired) electrons. The summed E-state index contributed by atoms with van der Waals surface area (Å²) >= 11 is 6.12. The Hall–Kier alpha value is -0.650. The average molecular weight is 288 g/mol. The molecule has 1 aromatic rings. The van der Waals surface area contributed by atoms with E-state index in [0.717, 1.165) is 12.0 Å². The van der Waals surface area contributed by atoms with E-state index in [1.807, 2.05) is 24.3 Å². The lowest BCUT2D eigenvalue weighted by Crippen LogP contribution is -2.17. The molecule has 0 bridgehead atoms. The molecule has 0 aliphatic carbocycles. The van der Waals surface area contributed by atoms with Crippen LogP contribution in [0, 0.1) is 0 Å². The third kappa shape index (κ3) is 6.36. The van der Waals surface area contributed by atoms with Gasteiger partial charge >= 0.3 is 0 Å².